The second kappa shape index (κ2) is 6.37. The minimum atomic E-state index is -3.71. The van der Waals surface area contributed by atoms with Crippen molar-refractivity contribution in [1.82, 2.24) is 15.2 Å². The zero-order valence-corrected chi connectivity index (χ0v) is 13.6. The van der Waals surface area contributed by atoms with Crippen molar-refractivity contribution in [3.63, 3.8) is 0 Å². The Morgan fingerprint density at radius 1 is 1.26 bits per heavy atom. The molecule has 6 nitrogen and oxygen atoms in total. The summed E-state index contributed by atoms with van der Waals surface area (Å²) < 4.78 is 27.8. The third kappa shape index (κ3) is 3.34. The number of benzene rings is 1. The van der Waals surface area contributed by atoms with E-state index in [9.17, 15) is 8.42 Å². The molecule has 0 aliphatic carbocycles. The summed E-state index contributed by atoms with van der Waals surface area (Å²) in [5, 5.41) is 8.31. The second-order valence-corrected chi connectivity index (χ2v) is 6.99. The third-order valence-electron chi connectivity index (χ3n) is 3.60. The number of nitrogens with zero attached hydrogens (tertiary/aromatic N) is 2. The van der Waals surface area contributed by atoms with Gasteiger partial charge in [0.15, 0.2) is 5.82 Å². The number of hydrogen-bond acceptors (Lipinski definition) is 4. The van der Waals surface area contributed by atoms with Crippen LogP contribution in [-0.4, -0.2) is 23.6 Å². The molecular formula is C16H18N4O2S. The van der Waals surface area contributed by atoms with Crippen LogP contribution >= 0.6 is 0 Å². The summed E-state index contributed by atoms with van der Waals surface area (Å²) in [7, 11) is -3.71. The first-order chi connectivity index (χ1) is 11.1. The van der Waals surface area contributed by atoms with Gasteiger partial charge in [0.2, 0.25) is 0 Å². The lowest BCUT2D eigenvalue weighted by molar-refractivity contribution is 0.602. The number of aromatic amines is 1. The van der Waals surface area contributed by atoms with Crippen LogP contribution in [0.1, 0.15) is 25.5 Å². The molecule has 0 bridgehead atoms. The van der Waals surface area contributed by atoms with E-state index in [-0.39, 0.29) is 4.90 Å². The summed E-state index contributed by atoms with van der Waals surface area (Å²) in [5.41, 5.74) is 0.923. The van der Waals surface area contributed by atoms with Gasteiger partial charge in [-0.2, -0.15) is 5.10 Å². The molecule has 120 valence electrons. The Hall–Kier alpha value is -2.41. The van der Waals surface area contributed by atoms with Crippen molar-refractivity contribution in [3.05, 3.63) is 48.4 Å². The van der Waals surface area contributed by atoms with Gasteiger partial charge in [-0.25, -0.2) is 8.42 Å². The minimum absolute atomic E-state index is 0.218. The lowest BCUT2D eigenvalue weighted by Crippen LogP contribution is -2.13. The molecule has 7 heteroatoms. The maximum atomic E-state index is 12.7. The Bertz CT molecular complexity index is 913. The highest BCUT2D eigenvalue weighted by Crippen LogP contribution is 2.24. The zero-order valence-electron chi connectivity index (χ0n) is 12.8. The number of rotatable bonds is 6. The summed E-state index contributed by atoms with van der Waals surface area (Å²) >= 11 is 0. The van der Waals surface area contributed by atoms with Crippen molar-refractivity contribution in [1.29, 1.82) is 0 Å². The molecule has 2 heterocycles. The van der Waals surface area contributed by atoms with E-state index in [1.807, 2.05) is 6.07 Å². The van der Waals surface area contributed by atoms with Crippen LogP contribution < -0.4 is 4.72 Å². The molecule has 0 atom stereocenters. The lowest BCUT2D eigenvalue weighted by atomic mass is 10.2. The molecule has 0 fully saturated rings. The van der Waals surface area contributed by atoms with Gasteiger partial charge < -0.3 is 0 Å². The van der Waals surface area contributed by atoms with E-state index in [1.165, 1.54) is 0 Å². The van der Waals surface area contributed by atoms with Gasteiger partial charge in [-0.1, -0.05) is 25.5 Å². The molecule has 2 N–H and O–H groups in total. The molecule has 3 rings (SSSR count). The number of unbranched alkanes of at least 4 members (excludes halogenated alkanes) is 1. The van der Waals surface area contributed by atoms with E-state index < -0.39 is 10.0 Å². The Kier molecular flexibility index (Phi) is 4.29. The predicted octanol–water partition coefficient (Wildman–Crippen LogP) is 3.10. The van der Waals surface area contributed by atoms with Gasteiger partial charge in [0.05, 0.1) is 4.90 Å². The molecule has 0 saturated carbocycles. The maximum absolute atomic E-state index is 12.7. The van der Waals surface area contributed by atoms with Gasteiger partial charge in [-0.05, 0) is 25.0 Å². The quantitative estimate of drug-likeness (QED) is 0.727. The van der Waals surface area contributed by atoms with Crippen molar-refractivity contribution in [2.24, 2.45) is 0 Å². The lowest BCUT2D eigenvalue weighted by Gasteiger charge is -2.08. The van der Waals surface area contributed by atoms with Gasteiger partial charge in [0.1, 0.15) is 0 Å². The molecule has 0 unspecified atom stereocenters. The van der Waals surface area contributed by atoms with Gasteiger partial charge in [-0.15, -0.1) is 0 Å². The van der Waals surface area contributed by atoms with Gasteiger partial charge in [0.25, 0.3) is 10.0 Å². The van der Waals surface area contributed by atoms with E-state index in [1.54, 1.807) is 36.7 Å². The van der Waals surface area contributed by atoms with E-state index in [0.29, 0.717) is 11.2 Å². The first-order valence-corrected chi connectivity index (χ1v) is 8.98. The summed E-state index contributed by atoms with van der Waals surface area (Å²) in [6, 6.07) is 8.55. The minimum Gasteiger partial charge on any atom is -0.280 e. The Morgan fingerprint density at radius 3 is 2.96 bits per heavy atom. The van der Waals surface area contributed by atoms with Crippen LogP contribution in [0.2, 0.25) is 0 Å². The fourth-order valence-electron chi connectivity index (χ4n) is 2.43. The normalized spacial score (nSPS) is 11.7. The van der Waals surface area contributed by atoms with Crippen LogP contribution in [0.4, 0.5) is 5.82 Å². The number of hydrogen-bond donors (Lipinski definition) is 2. The molecule has 2 aromatic heterocycles. The first kappa shape index (κ1) is 15.5. The maximum Gasteiger partial charge on any atom is 0.263 e. The highest BCUT2D eigenvalue weighted by atomic mass is 32.2. The van der Waals surface area contributed by atoms with E-state index in [4.69, 9.17) is 0 Å². The number of aryl methyl sites for hydroxylation is 1. The Balaban J connectivity index is 1.90. The number of H-pyrrole nitrogens is 1. The zero-order chi connectivity index (χ0) is 16.3. The fraction of sp³-hybridized carbons (Fsp3) is 0.250. The summed E-state index contributed by atoms with van der Waals surface area (Å²) in [4.78, 5) is 4.24. The molecule has 1 aromatic carbocycles. The van der Waals surface area contributed by atoms with Crippen LogP contribution in [0.5, 0.6) is 0 Å². The molecule has 0 aliphatic heterocycles. The van der Waals surface area contributed by atoms with Crippen molar-refractivity contribution >= 4 is 26.6 Å². The summed E-state index contributed by atoms with van der Waals surface area (Å²) in [5.74, 6) is 0.308. The van der Waals surface area contributed by atoms with Crippen molar-refractivity contribution in [3.8, 4) is 0 Å². The average molecular weight is 330 g/mol. The molecule has 23 heavy (non-hydrogen) atoms. The number of pyridine rings is 1. The second-order valence-electron chi connectivity index (χ2n) is 5.34. The van der Waals surface area contributed by atoms with Gasteiger partial charge >= 0.3 is 0 Å². The highest BCUT2D eigenvalue weighted by molar-refractivity contribution is 7.93. The average Bonchev–Trinajstić information content (AvgIpc) is 2.99. The number of anilines is 1. The molecule has 0 amide bonds. The first-order valence-electron chi connectivity index (χ1n) is 7.50. The smallest absolute Gasteiger partial charge is 0.263 e. The van der Waals surface area contributed by atoms with Crippen LogP contribution in [-0.2, 0) is 16.4 Å². The van der Waals surface area contributed by atoms with Crippen LogP contribution in [0.15, 0.2) is 47.6 Å². The SMILES string of the molecule is CCCCc1cc(NS(=O)(=O)c2cccc3cnccc23)n[nH]1. The number of fused-ring (bicyclic) bond motifs is 1. The number of nitrogens with one attached hydrogen (secondary N) is 2. The van der Waals surface area contributed by atoms with Crippen LogP contribution in [0.3, 0.4) is 0 Å². The topological polar surface area (TPSA) is 87.7 Å². The Morgan fingerprint density at radius 2 is 2.13 bits per heavy atom. The van der Waals surface area contributed by atoms with Gasteiger partial charge in [0, 0.05) is 34.9 Å². The van der Waals surface area contributed by atoms with Crippen molar-refractivity contribution in [2.75, 3.05) is 4.72 Å². The molecule has 3 aromatic rings. The van der Waals surface area contributed by atoms with Crippen molar-refractivity contribution in [2.45, 2.75) is 31.1 Å². The number of aromatic nitrogens is 3. The molecule has 0 radical (unpaired) electrons. The largest absolute Gasteiger partial charge is 0.280 e. The predicted molar refractivity (Wildman–Crippen MR) is 89.8 cm³/mol. The standard InChI is InChI=1S/C16H18N4O2S/c1-2-3-6-13-10-16(19-18-13)20-23(21,22)15-7-4-5-12-11-17-9-8-14(12)15/h4-5,7-11H,2-3,6H2,1H3,(H2,18,19,20). The van der Waals surface area contributed by atoms with E-state index in [0.717, 1.165) is 30.3 Å². The van der Waals surface area contributed by atoms with Gasteiger partial charge in [-0.3, -0.25) is 14.8 Å². The highest BCUT2D eigenvalue weighted by Gasteiger charge is 2.18. The molecular weight excluding hydrogens is 312 g/mol. The van der Waals surface area contributed by atoms with Crippen LogP contribution in [0.25, 0.3) is 10.8 Å². The summed E-state index contributed by atoms with van der Waals surface area (Å²) in [6.45, 7) is 2.11. The Labute approximate surface area is 135 Å². The van der Waals surface area contributed by atoms with Crippen molar-refractivity contribution < 1.29 is 8.42 Å². The molecule has 0 aliphatic rings. The van der Waals surface area contributed by atoms with Crippen LogP contribution in [0, 0.1) is 0 Å². The monoisotopic (exact) mass is 330 g/mol. The molecule has 0 spiro atoms. The van der Waals surface area contributed by atoms with E-state index >= 15 is 0 Å². The fourth-order valence-corrected chi connectivity index (χ4v) is 3.65. The number of sulfonamides is 1. The summed E-state index contributed by atoms with van der Waals surface area (Å²) in [6.07, 6.45) is 6.19. The van der Waals surface area contributed by atoms with E-state index in [2.05, 4.69) is 26.8 Å². The molecule has 0 saturated heterocycles. The third-order valence-corrected chi connectivity index (χ3v) is 5.01.